The maximum absolute atomic E-state index is 11.4. The summed E-state index contributed by atoms with van der Waals surface area (Å²) in [6, 6.07) is 4.70. The normalized spacial score (nSPS) is 10.8. The van der Waals surface area contributed by atoms with Gasteiger partial charge in [0.2, 0.25) is 0 Å². The molecule has 0 spiro atoms. The van der Waals surface area contributed by atoms with Crippen LogP contribution < -0.4 is 9.47 Å². The fourth-order valence-corrected chi connectivity index (χ4v) is 1.48. The minimum atomic E-state index is -1.05. The van der Waals surface area contributed by atoms with Gasteiger partial charge in [0.05, 0.1) is 26.4 Å². The van der Waals surface area contributed by atoms with Crippen LogP contribution in [0.25, 0.3) is 5.76 Å². The van der Waals surface area contributed by atoms with Gasteiger partial charge in [-0.25, -0.2) is 4.79 Å². The van der Waals surface area contributed by atoms with Crippen LogP contribution in [0.2, 0.25) is 0 Å². The fraction of sp³-hybridized carbons (Fsp3) is 0.286. The molecule has 0 fully saturated rings. The number of benzene rings is 1. The van der Waals surface area contributed by atoms with Crippen LogP contribution in [0.5, 0.6) is 11.5 Å². The zero-order chi connectivity index (χ0) is 15.1. The van der Waals surface area contributed by atoms with Crippen molar-refractivity contribution in [2.45, 2.75) is 6.92 Å². The first-order valence-electron chi connectivity index (χ1n) is 5.87. The van der Waals surface area contributed by atoms with Crippen molar-refractivity contribution in [3.05, 3.63) is 29.8 Å². The van der Waals surface area contributed by atoms with E-state index in [2.05, 4.69) is 4.74 Å². The van der Waals surface area contributed by atoms with Gasteiger partial charge in [-0.3, -0.25) is 4.79 Å². The fourth-order valence-electron chi connectivity index (χ4n) is 1.48. The first-order valence-corrected chi connectivity index (χ1v) is 5.87. The van der Waals surface area contributed by atoms with E-state index in [-0.39, 0.29) is 11.3 Å². The maximum atomic E-state index is 11.4. The van der Waals surface area contributed by atoms with Gasteiger partial charge in [0, 0.05) is 12.1 Å². The van der Waals surface area contributed by atoms with Crippen molar-refractivity contribution in [1.82, 2.24) is 0 Å². The summed E-state index contributed by atoms with van der Waals surface area (Å²) in [7, 11) is 2.59. The average molecular weight is 280 g/mol. The van der Waals surface area contributed by atoms with Gasteiger partial charge in [0.15, 0.2) is 0 Å². The summed E-state index contributed by atoms with van der Waals surface area (Å²) >= 11 is 0. The molecule has 1 rings (SSSR count). The van der Waals surface area contributed by atoms with E-state index in [0.717, 1.165) is 13.2 Å². The first-order chi connectivity index (χ1) is 9.53. The van der Waals surface area contributed by atoms with Gasteiger partial charge >= 0.3 is 5.97 Å². The second-order valence-electron chi connectivity index (χ2n) is 3.68. The van der Waals surface area contributed by atoms with Gasteiger partial charge in [-0.05, 0) is 19.1 Å². The summed E-state index contributed by atoms with van der Waals surface area (Å²) in [5, 5.41) is 9.92. The molecule has 0 atom stereocenters. The molecular weight excluding hydrogens is 264 g/mol. The Bertz CT molecular complexity index is 532. The molecule has 0 saturated carbocycles. The summed E-state index contributed by atoms with van der Waals surface area (Å²) < 4.78 is 14.7. The predicted molar refractivity (Wildman–Crippen MR) is 71.8 cm³/mol. The molecule has 0 aliphatic carbocycles. The maximum Gasteiger partial charge on any atom is 0.378 e. The zero-order valence-corrected chi connectivity index (χ0v) is 11.5. The number of aliphatic hydroxyl groups is 1. The molecule has 20 heavy (non-hydrogen) atoms. The molecular formula is C14H16O6. The third-order valence-corrected chi connectivity index (χ3v) is 2.42. The van der Waals surface area contributed by atoms with Crippen LogP contribution in [0.3, 0.4) is 0 Å². The van der Waals surface area contributed by atoms with Crippen LogP contribution in [-0.4, -0.2) is 37.7 Å². The number of ether oxygens (including phenoxy) is 3. The highest BCUT2D eigenvalue weighted by Gasteiger charge is 2.15. The van der Waals surface area contributed by atoms with E-state index < -0.39 is 11.8 Å². The molecule has 1 N–H and O–H groups in total. The van der Waals surface area contributed by atoms with Gasteiger partial charge in [-0.2, -0.15) is 0 Å². The number of hydrogen-bond donors (Lipinski definition) is 1. The zero-order valence-electron chi connectivity index (χ0n) is 11.5. The number of carbonyl (C=O) groups excluding carboxylic acids is 2. The van der Waals surface area contributed by atoms with Crippen molar-refractivity contribution in [1.29, 1.82) is 0 Å². The number of rotatable bonds is 6. The lowest BCUT2D eigenvalue weighted by molar-refractivity contribution is -0.149. The van der Waals surface area contributed by atoms with Gasteiger partial charge in [-0.1, -0.05) is 0 Å². The van der Waals surface area contributed by atoms with Crippen molar-refractivity contribution in [3.63, 3.8) is 0 Å². The molecule has 0 aliphatic rings. The highest BCUT2D eigenvalue weighted by Crippen LogP contribution is 2.29. The molecule has 108 valence electrons. The SMILES string of the molecule is CCOc1cc(OC)ccc1C(O)=CC(=O)C(=O)OC. The second-order valence-corrected chi connectivity index (χ2v) is 3.68. The molecule has 0 radical (unpaired) electrons. The quantitative estimate of drug-likeness (QED) is 0.370. The first kappa shape index (κ1) is 15.6. The highest BCUT2D eigenvalue weighted by atomic mass is 16.5. The van der Waals surface area contributed by atoms with E-state index >= 15 is 0 Å². The number of ketones is 1. The smallest absolute Gasteiger partial charge is 0.378 e. The largest absolute Gasteiger partial charge is 0.507 e. The monoisotopic (exact) mass is 280 g/mol. The molecule has 0 heterocycles. The summed E-state index contributed by atoms with van der Waals surface area (Å²) in [6.45, 7) is 2.15. The van der Waals surface area contributed by atoms with Crippen molar-refractivity contribution in [2.24, 2.45) is 0 Å². The Morgan fingerprint density at radius 1 is 1.30 bits per heavy atom. The molecule has 6 heteroatoms. The average Bonchev–Trinajstić information content (AvgIpc) is 2.46. The summed E-state index contributed by atoms with van der Waals surface area (Å²) in [4.78, 5) is 22.4. The second kappa shape index (κ2) is 7.18. The molecule has 0 amide bonds. The van der Waals surface area contributed by atoms with Gasteiger partial charge in [-0.15, -0.1) is 0 Å². The Morgan fingerprint density at radius 3 is 2.55 bits per heavy atom. The van der Waals surface area contributed by atoms with Crippen LogP contribution in [0.15, 0.2) is 24.3 Å². The number of carbonyl (C=O) groups is 2. The van der Waals surface area contributed by atoms with Crippen molar-refractivity contribution < 1.29 is 28.9 Å². The lowest BCUT2D eigenvalue weighted by atomic mass is 10.1. The third kappa shape index (κ3) is 3.74. The molecule has 0 bridgehead atoms. The molecule has 0 aromatic heterocycles. The van der Waals surface area contributed by atoms with Gasteiger partial charge in [0.25, 0.3) is 5.78 Å². The van der Waals surface area contributed by atoms with Crippen molar-refractivity contribution >= 4 is 17.5 Å². The molecule has 0 unspecified atom stereocenters. The summed E-state index contributed by atoms with van der Waals surface area (Å²) in [5.41, 5.74) is 0.282. The van der Waals surface area contributed by atoms with Crippen LogP contribution in [0.4, 0.5) is 0 Å². The lowest BCUT2D eigenvalue weighted by Gasteiger charge is -2.11. The highest BCUT2D eigenvalue weighted by molar-refractivity contribution is 6.39. The number of aliphatic hydroxyl groups excluding tert-OH is 1. The Kier molecular flexibility index (Phi) is 5.58. The Hall–Kier alpha value is -2.50. The van der Waals surface area contributed by atoms with E-state index in [0.29, 0.717) is 18.1 Å². The van der Waals surface area contributed by atoms with E-state index in [1.54, 1.807) is 19.1 Å². The van der Waals surface area contributed by atoms with Gasteiger partial charge < -0.3 is 19.3 Å². The standard InChI is InChI=1S/C14H16O6/c1-4-20-13-7-9(18-2)5-6-10(13)11(15)8-12(16)14(17)19-3/h5-8,15H,4H2,1-3H3. The minimum absolute atomic E-state index is 0.282. The number of hydrogen-bond acceptors (Lipinski definition) is 6. The summed E-state index contributed by atoms with van der Waals surface area (Å²) in [5.74, 6) is -1.50. The molecule has 0 saturated heterocycles. The number of esters is 1. The van der Waals surface area contributed by atoms with E-state index in [4.69, 9.17) is 9.47 Å². The topological polar surface area (TPSA) is 82.1 Å². The Morgan fingerprint density at radius 2 is 2.00 bits per heavy atom. The number of methoxy groups -OCH3 is 2. The van der Waals surface area contributed by atoms with Crippen LogP contribution in [0.1, 0.15) is 12.5 Å². The van der Waals surface area contributed by atoms with Gasteiger partial charge in [0.1, 0.15) is 17.3 Å². The van der Waals surface area contributed by atoms with Crippen LogP contribution in [-0.2, 0) is 14.3 Å². The van der Waals surface area contributed by atoms with E-state index in [9.17, 15) is 14.7 Å². The van der Waals surface area contributed by atoms with Crippen molar-refractivity contribution in [2.75, 3.05) is 20.8 Å². The lowest BCUT2D eigenvalue weighted by Crippen LogP contribution is -2.13. The Labute approximate surface area is 116 Å². The predicted octanol–water partition coefficient (Wildman–Crippen LogP) is 1.73. The molecule has 0 aliphatic heterocycles. The summed E-state index contributed by atoms with van der Waals surface area (Å²) in [6.07, 6.45) is 0.788. The minimum Gasteiger partial charge on any atom is -0.507 e. The molecule has 1 aromatic carbocycles. The third-order valence-electron chi connectivity index (χ3n) is 2.42. The molecule has 6 nitrogen and oxygen atoms in total. The molecule has 1 aromatic rings. The van der Waals surface area contributed by atoms with E-state index in [1.807, 2.05) is 0 Å². The van der Waals surface area contributed by atoms with E-state index in [1.165, 1.54) is 13.2 Å². The van der Waals surface area contributed by atoms with Crippen LogP contribution >= 0.6 is 0 Å². The Balaban J connectivity index is 3.14. The van der Waals surface area contributed by atoms with Crippen molar-refractivity contribution in [3.8, 4) is 11.5 Å². The van der Waals surface area contributed by atoms with Crippen LogP contribution in [0, 0.1) is 0 Å².